The van der Waals surface area contributed by atoms with Gasteiger partial charge in [-0.15, -0.1) is 0 Å². The number of aliphatic hydroxyl groups excluding tert-OH is 1. The van der Waals surface area contributed by atoms with Gasteiger partial charge in [-0.05, 0) is 134 Å². The van der Waals surface area contributed by atoms with E-state index in [-0.39, 0.29) is 62.4 Å². The standard InChI is InChI=1S/C41H66N2O4/c1-25(2)26-12-17-41(35(46)42-31-24-28(36(31,3)4)34(45)43-20-22-47-23-21-43)19-18-39(8)27(33(26)41)10-11-30-38(7)15-14-32(44)37(5,6)29(38)13-16-40(30,39)9/h26-33,44H,1,10-24H2,2-9H3,(H,42,46)/t26?,27-,28+,29+,30?,31+,32+,33-,38+,39-,40-,41+/m1/s1. The average molecular weight is 651 g/mol. The molecule has 0 aromatic carbocycles. The lowest BCUT2D eigenvalue weighted by molar-refractivity contribution is -0.246. The third-order valence-corrected chi connectivity index (χ3v) is 17.7. The molecule has 6 saturated carbocycles. The van der Waals surface area contributed by atoms with E-state index in [2.05, 4.69) is 67.3 Å². The number of carbonyl (C=O) groups excluding carboxylic acids is 2. The van der Waals surface area contributed by atoms with Crippen molar-refractivity contribution in [2.45, 2.75) is 138 Å². The molecule has 1 saturated heterocycles. The van der Waals surface area contributed by atoms with Crippen molar-refractivity contribution in [3.8, 4) is 0 Å². The summed E-state index contributed by atoms with van der Waals surface area (Å²) < 4.78 is 5.49. The first-order chi connectivity index (χ1) is 21.9. The van der Waals surface area contributed by atoms with Crippen LogP contribution in [0.25, 0.3) is 0 Å². The fraction of sp³-hybridized carbons (Fsp3) is 0.902. The summed E-state index contributed by atoms with van der Waals surface area (Å²) in [7, 11) is 0. The first kappa shape index (κ1) is 34.1. The van der Waals surface area contributed by atoms with E-state index in [9.17, 15) is 14.7 Å². The van der Waals surface area contributed by atoms with Gasteiger partial charge in [0.05, 0.1) is 24.7 Å². The normalized spacial score (nSPS) is 49.8. The molecular weight excluding hydrogens is 584 g/mol. The van der Waals surface area contributed by atoms with E-state index in [1.165, 1.54) is 31.3 Å². The predicted molar refractivity (Wildman–Crippen MR) is 186 cm³/mol. The Kier molecular flexibility index (Phi) is 8.01. The number of hydrogen-bond donors (Lipinski definition) is 2. The van der Waals surface area contributed by atoms with Gasteiger partial charge in [-0.2, -0.15) is 0 Å². The molecule has 7 fully saturated rings. The molecule has 1 heterocycles. The van der Waals surface area contributed by atoms with E-state index < -0.39 is 0 Å². The molecule has 264 valence electrons. The van der Waals surface area contributed by atoms with Gasteiger partial charge in [0, 0.05) is 25.0 Å². The van der Waals surface area contributed by atoms with Crippen LogP contribution >= 0.6 is 0 Å². The van der Waals surface area contributed by atoms with E-state index in [0.717, 1.165) is 44.9 Å². The van der Waals surface area contributed by atoms with Crippen molar-refractivity contribution in [2.75, 3.05) is 26.3 Å². The molecule has 12 atom stereocenters. The van der Waals surface area contributed by atoms with E-state index in [1.54, 1.807) is 0 Å². The van der Waals surface area contributed by atoms with Crippen LogP contribution in [0.15, 0.2) is 12.2 Å². The third-order valence-electron chi connectivity index (χ3n) is 17.7. The number of carbonyl (C=O) groups is 2. The van der Waals surface area contributed by atoms with Crippen LogP contribution in [-0.2, 0) is 14.3 Å². The molecule has 6 nitrogen and oxygen atoms in total. The smallest absolute Gasteiger partial charge is 0.226 e. The summed E-state index contributed by atoms with van der Waals surface area (Å²) in [5, 5.41) is 14.7. The first-order valence-corrected chi connectivity index (χ1v) is 19.5. The van der Waals surface area contributed by atoms with Crippen molar-refractivity contribution in [3.63, 3.8) is 0 Å². The zero-order chi connectivity index (χ0) is 33.9. The second-order valence-electron chi connectivity index (χ2n) is 19.8. The molecule has 2 N–H and O–H groups in total. The summed E-state index contributed by atoms with van der Waals surface area (Å²) >= 11 is 0. The predicted octanol–water partition coefficient (Wildman–Crippen LogP) is 7.39. The van der Waals surface area contributed by atoms with Gasteiger partial charge in [0.2, 0.25) is 11.8 Å². The highest BCUT2D eigenvalue weighted by molar-refractivity contribution is 5.86. The first-order valence-electron chi connectivity index (χ1n) is 19.5. The second kappa shape index (κ2) is 11.0. The SMILES string of the molecule is C=C(C)C1CC[C@]2(C(=O)N[C@H]3C[C@@H](C(=O)N4CCOCC4)C3(C)C)CC[C@]3(C)[C@H](CCC4[C@@]5(C)CC[C@H](O)C(C)(C)[C@@H]5CC[C@]43C)[C@@H]12. The molecule has 0 aromatic heterocycles. The van der Waals surface area contributed by atoms with Gasteiger partial charge in [0.1, 0.15) is 0 Å². The molecule has 7 rings (SSSR count). The third kappa shape index (κ3) is 4.53. The molecule has 0 spiro atoms. The zero-order valence-corrected chi connectivity index (χ0v) is 31.1. The summed E-state index contributed by atoms with van der Waals surface area (Å²) in [4.78, 5) is 30.3. The van der Waals surface area contributed by atoms with Gasteiger partial charge < -0.3 is 20.1 Å². The quantitative estimate of drug-likeness (QED) is 0.311. The number of rotatable bonds is 4. The molecule has 0 bridgehead atoms. The van der Waals surface area contributed by atoms with Gasteiger partial charge in [0.25, 0.3) is 0 Å². The van der Waals surface area contributed by atoms with Gasteiger partial charge in [-0.1, -0.05) is 60.6 Å². The Morgan fingerprint density at radius 2 is 1.51 bits per heavy atom. The highest BCUT2D eigenvalue weighted by atomic mass is 16.5. The van der Waals surface area contributed by atoms with Crippen LogP contribution in [-0.4, -0.2) is 60.3 Å². The number of allylic oxidation sites excluding steroid dienone is 1. The van der Waals surface area contributed by atoms with Crippen molar-refractivity contribution in [3.05, 3.63) is 12.2 Å². The maximum atomic E-state index is 14.8. The Morgan fingerprint density at radius 1 is 0.809 bits per heavy atom. The fourth-order valence-electron chi connectivity index (χ4n) is 14.4. The zero-order valence-electron chi connectivity index (χ0n) is 31.1. The lowest BCUT2D eigenvalue weighted by Crippen LogP contribution is -2.68. The summed E-state index contributed by atoms with van der Waals surface area (Å²) in [5.74, 6) is 2.93. The molecule has 7 aliphatic rings. The minimum absolute atomic E-state index is 0.0330. The van der Waals surface area contributed by atoms with E-state index in [1.807, 2.05) is 4.90 Å². The molecule has 0 aromatic rings. The van der Waals surface area contributed by atoms with Crippen molar-refractivity contribution in [1.82, 2.24) is 10.2 Å². The Labute approximate surface area is 285 Å². The lowest BCUT2D eigenvalue weighted by Gasteiger charge is -2.72. The van der Waals surface area contributed by atoms with Crippen molar-refractivity contribution < 1.29 is 19.4 Å². The van der Waals surface area contributed by atoms with Crippen LogP contribution in [0.5, 0.6) is 0 Å². The largest absolute Gasteiger partial charge is 0.393 e. The van der Waals surface area contributed by atoms with Crippen LogP contribution in [0.1, 0.15) is 126 Å². The van der Waals surface area contributed by atoms with Gasteiger partial charge in [0.15, 0.2) is 0 Å². The number of hydrogen-bond acceptors (Lipinski definition) is 4. The Hall–Kier alpha value is -1.40. The summed E-state index contributed by atoms with van der Waals surface area (Å²) in [5.41, 5.74) is 1.29. The maximum absolute atomic E-state index is 14.8. The number of aliphatic hydroxyl groups is 1. The lowest BCUT2D eigenvalue weighted by atomic mass is 9.32. The van der Waals surface area contributed by atoms with Gasteiger partial charge in [-0.25, -0.2) is 0 Å². The van der Waals surface area contributed by atoms with Crippen LogP contribution in [0.2, 0.25) is 0 Å². The van der Waals surface area contributed by atoms with Gasteiger partial charge >= 0.3 is 0 Å². The van der Waals surface area contributed by atoms with Crippen LogP contribution < -0.4 is 5.32 Å². The molecule has 1 aliphatic heterocycles. The van der Waals surface area contributed by atoms with Crippen LogP contribution in [0, 0.1) is 68.0 Å². The summed E-state index contributed by atoms with van der Waals surface area (Å²) in [6, 6.07) is 0.0330. The Morgan fingerprint density at radius 3 is 2.17 bits per heavy atom. The highest BCUT2D eigenvalue weighted by Crippen LogP contribution is 2.77. The Bertz CT molecular complexity index is 1300. The molecule has 6 aliphatic carbocycles. The minimum Gasteiger partial charge on any atom is -0.393 e. The maximum Gasteiger partial charge on any atom is 0.226 e. The fourth-order valence-corrected chi connectivity index (χ4v) is 14.4. The monoisotopic (exact) mass is 651 g/mol. The molecular formula is C41H66N2O4. The van der Waals surface area contributed by atoms with Gasteiger partial charge in [-0.3, -0.25) is 9.59 Å². The van der Waals surface area contributed by atoms with Crippen LogP contribution in [0.4, 0.5) is 0 Å². The second-order valence-corrected chi connectivity index (χ2v) is 19.8. The van der Waals surface area contributed by atoms with Crippen molar-refractivity contribution in [2.24, 2.45) is 68.0 Å². The number of nitrogens with one attached hydrogen (secondary N) is 1. The highest BCUT2D eigenvalue weighted by Gasteiger charge is 2.72. The molecule has 2 amide bonds. The van der Waals surface area contributed by atoms with Crippen LogP contribution in [0.3, 0.4) is 0 Å². The molecule has 2 unspecified atom stereocenters. The number of fused-ring (bicyclic) bond motifs is 7. The molecule has 6 heteroatoms. The number of morpholine rings is 1. The van der Waals surface area contributed by atoms with E-state index in [0.29, 0.717) is 55.9 Å². The van der Waals surface area contributed by atoms with Crippen molar-refractivity contribution in [1.29, 1.82) is 0 Å². The molecule has 0 radical (unpaired) electrons. The number of nitrogens with zero attached hydrogens (tertiary/aromatic N) is 1. The number of ether oxygens (including phenoxy) is 1. The molecule has 47 heavy (non-hydrogen) atoms. The minimum atomic E-state index is -0.343. The van der Waals surface area contributed by atoms with E-state index >= 15 is 0 Å². The van der Waals surface area contributed by atoms with Crippen molar-refractivity contribution >= 4 is 11.8 Å². The average Bonchev–Trinajstić information content (AvgIpc) is 3.43. The number of amides is 2. The van der Waals surface area contributed by atoms with E-state index in [4.69, 9.17) is 4.74 Å². The topological polar surface area (TPSA) is 78.9 Å². The summed E-state index contributed by atoms with van der Waals surface area (Å²) in [6.45, 7) is 26.3. The summed E-state index contributed by atoms with van der Waals surface area (Å²) in [6.07, 6.45) is 11.6. The Balaban J connectivity index is 1.15.